The first-order valence-corrected chi connectivity index (χ1v) is 11.1. The van der Waals surface area contributed by atoms with Gasteiger partial charge in [0.15, 0.2) is 11.0 Å². The van der Waals surface area contributed by atoms with Gasteiger partial charge >= 0.3 is 0 Å². The highest BCUT2D eigenvalue weighted by Gasteiger charge is 2.19. The number of thioether (sulfide) groups is 1. The molecule has 0 aliphatic heterocycles. The molecule has 4 rings (SSSR count). The van der Waals surface area contributed by atoms with E-state index in [0.29, 0.717) is 15.5 Å². The molecule has 1 amide bonds. The summed E-state index contributed by atoms with van der Waals surface area (Å²) in [5, 5.41) is 11.8. The number of aromatic nitrogens is 4. The lowest BCUT2D eigenvalue weighted by molar-refractivity contribution is -0.113. The molecule has 0 radical (unpaired) electrons. The highest BCUT2D eigenvalue weighted by atomic mass is 79.9. The van der Waals surface area contributed by atoms with Crippen LogP contribution in [0.15, 0.2) is 76.6 Å². The molecule has 4 aromatic rings. The number of aryl methyl sites for hydroxylation is 1. The molecule has 0 saturated heterocycles. The van der Waals surface area contributed by atoms with Crippen LogP contribution in [0.3, 0.4) is 0 Å². The van der Waals surface area contributed by atoms with Gasteiger partial charge in [-0.05, 0) is 48.9 Å². The van der Waals surface area contributed by atoms with E-state index in [4.69, 9.17) is 0 Å². The average Bonchev–Trinajstić information content (AvgIpc) is 3.19. The molecule has 0 bridgehead atoms. The number of pyridine rings is 1. The third-order valence-electron chi connectivity index (χ3n) is 4.45. The molecule has 0 atom stereocenters. The zero-order valence-corrected chi connectivity index (χ0v) is 18.8. The van der Waals surface area contributed by atoms with Crippen molar-refractivity contribution in [1.82, 2.24) is 19.7 Å². The van der Waals surface area contributed by atoms with Gasteiger partial charge in [0.2, 0.25) is 5.91 Å². The van der Waals surface area contributed by atoms with Crippen LogP contribution >= 0.6 is 27.7 Å². The standard InChI is InChI=1S/C22H17BrFN5OS/c1-14-5-2-3-7-19(14)29-21(15-6-4-10-25-12-15)27-28-22(29)31-13-20(30)26-18-9-8-16(23)11-17(18)24/h2-12H,13H2,1H3,(H,26,30). The Morgan fingerprint density at radius 3 is 2.74 bits per heavy atom. The van der Waals surface area contributed by atoms with E-state index >= 15 is 0 Å². The summed E-state index contributed by atoms with van der Waals surface area (Å²) in [6.45, 7) is 2.00. The summed E-state index contributed by atoms with van der Waals surface area (Å²) in [7, 11) is 0. The van der Waals surface area contributed by atoms with E-state index in [1.807, 2.05) is 47.9 Å². The molecule has 2 aromatic heterocycles. The van der Waals surface area contributed by atoms with Crippen LogP contribution in [0, 0.1) is 12.7 Å². The number of amides is 1. The van der Waals surface area contributed by atoms with Crippen LogP contribution in [-0.2, 0) is 4.79 Å². The van der Waals surface area contributed by atoms with Crippen molar-refractivity contribution in [3.8, 4) is 17.1 Å². The first-order chi connectivity index (χ1) is 15.0. The van der Waals surface area contributed by atoms with Crippen LogP contribution < -0.4 is 5.32 Å². The molecule has 0 spiro atoms. The fourth-order valence-electron chi connectivity index (χ4n) is 2.98. The average molecular weight is 498 g/mol. The predicted molar refractivity (Wildman–Crippen MR) is 123 cm³/mol. The minimum Gasteiger partial charge on any atom is -0.323 e. The molecule has 9 heteroatoms. The Hall–Kier alpha value is -3.04. The van der Waals surface area contributed by atoms with Crippen LogP contribution in [0.1, 0.15) is 5.56 Å². The number of para-hydroxylation sites is 1. The van der Waals surface area contributed by atoms with Crippen molar-refractivity contribution in [3.05, 3.63) is 82.8 Å². The summed E-state index contributed by atoms with van der Waals surface area (Å²) in [5.74, 6) is -0.167. The van der Waals surface area contributed by atoms with E-state index in [1.54, 1.807) is 18.5 Å². The van der Waals surface area contributed by atoms with E-state index in [1.165, 1.54) is 23.9 Å². The van der Waals surface area contributed by atoms with Gasteiger partial charge in [0.25, 0.3) is 0 Å². The second-order valence-corrected chi connectivity index (χ2v) is 8.49. The van der Waals surface area contributed by atoms with E-state index in [-0.39, 0.29) is 17.3 Å². The fraction of sp³-hybridized carbons (Fsp3) is 0.0909. The quantitative estimate of drug-likeness (QED) is 0.367. The molecule has 0 aliphatic rings. The van der Waals surface area contributed by atoms with E-state index in [9.17, 15) is 9.18 Å². The molecule has 0 fully saturated rings. The van der Waals surface area contributed by atoms with E-state index < -0.39 is 5.82 Å². The summed E-state index contributed by atoms with van der Waals surface area (Å²) in [6.07, 6.45) is 3.41. The van der Waals surface area contributed by atoms with Crippen molar-refractivity contribution in [2.75, 3.05) is 11.1 Å². The van der Waals surface area contributed by atoms with Gasteiger partial charge in [-0.1, -0.05) is 45.9 Å². The van der Waals surface area contributed by atoms with Gasteiger partial charge in [-0.2, -0.15) is 0 Å². The van der Waals surface area contributed by atoms with Gasteiger partial charge in [0.05, 0.1) is 17.1 Å². The molecule has 1 N–H and O–H groups in total. The molecule has 0 aliphatic carbocycles. The zero-order valence-electron chi connectivity index (χ0n) is 16.4. The lowest BCUT2D eigenvalue weighted by atomic mass is 10.2. The van der Waals surface area contributed by atoms with Crippen LogP contribution in [0.5, 0.6) is 0 Å². The molecule has 31 heavy (non-hydrogen) atoms. The number of carbonyl (C=O) groups is 1. The zero-order chi connectivity index (χ0) is 21.8. The minimum atomic E-state index is -0.505. The van der Waals surface area contributed by atoms with Gasteiger partial charge in [-0.15, -0.1) is 10.2 Å². The number of nitrogens with zero attached hydrogens (tertiary/aromatic N) is 4. The molecule has 2 aromatic carbocycles. The van der Waals surface area contributed by atoms with E-state index in [2.05, 4.69) is 36.4 Å². The number of benzene rings is 2. The van der Waals surface area contributed by atoms with Gasteiger partial charge < -0.3 is 5.32 Å². The maximum Gasteiger partial charge on any atom is 0.234 e. The predicted octanol–water partition coefficient (Wildman–Crippen LogP) is 5.27. The number of anilines is 1. The topological polar surface area (TPSA) is 72.7 Å². The first kappa shape index (κ1) is 21.2. The summed E-state index contributed by atoms with van der Waals surface area (Å²) >= 11 is 4.43. The summed E-state index contributed by atoms with van der Waals surface area (Å²) in [6, 6.07) is 16.1. The Bertz CT molecular complexity index is 1230. The maximum absolute atomic E-state index is 14.0. The lowest BCUT2D eigenvalue weighted by Crippen LogP contribution is -2.15. The number of nitrogens with one attached hydrogen (secondary N) is 1. The summed E-state index contributed by atoms with van der Waals surface area (Å²) in [5.41, 5.74) is 2.89. The van der Waals surface area contributed by atoms with Crippen molar-refractivity contribution < 1.29 is 9.18 Å². The normalized spacial score (nSPS) is 10.8. The monoisotopic (exact) mass is 497 g/mol. The van der Waals surface area contributed by atoms with Crippen molar-refractivity contribution in [1.29, 1.82) is 0 Å². The van der Waals surface area contributed by atoms with Gasteiger partial charge in [0, 0.05) is 22.4 Å². The number of hydrogen-bond acceptors (Lipinski definition) is 5. The number of rotatable bonds is 6. The van der Waals surface area contributed by atoms with Crippen LogP contribution in [0.4, 0.5) is 10.1 Å². The minimum absolute atomic E-state index is 0.0482. The third kappa shape index (κ3) is 4.83. The van der Waals surface area contributed by atoms with Crippen molar-refractivity contribution in [2.45, 2.75) is 12.1 Å². The lowest BCUT2D eigenvalue weighted by Gasteiger charge is -2.13. The Balaban J connectivity index is 1.60. The highest BCUT2D eigenvalue weighted by Crippen LogP contribution is 2.29. The van der Waals surface area contributed by atoms with Gasteiger partial charge in [-0.25, -0.2) is 4.39 Å². The van der Waals surface area contributed by atoms with Crippen molar-refractivity contribution in [2.24, 2.45) is 0 Å². The largest absolute Gasteiger partial charge is 0.323 e. The Kier molecular flexibility index (Phi) is 6.43. The van der Waals surface area contributed by atoms with Gasteiger partial charge in [0.1, 0.15) is 5.82 Å². The fourth-order valence-corrected chi connectivity index (χ4v) is 4.06. The molecular weight excluding hydrogens is 481 g/mol. The maximum atomic E-state index is 14.0. The SMILES string of the molecule is Cc1ccccc1-n1c(SCC(=O)Nc2ccc(Br)cc2F)nnc1-c1cccnc1. The second-order valence-electron chi connectivity index (χ2n) is 6.63. The molecular formula is C22H17BrFN5OS. The van der Waals surface area contributed by atoms with Gasteiger partial charge in [-0.3, -0.25) is 14.3 Å². The van der Waals surface area contributed by atoms with Crippen LogP contribution in [0.2, 0.25) is 0 Å². The number of halogens is 2. The molecule has 2 heterocycles. The van der Waals surface area contributed by atoms with Crippen molar-refractivity contribution in [3.63, 3.8) is 0 Å². The first-order valence-electron chi connectivity index (χ1n) is 9.32. The number of carbonyl (C=O) groups excluding carboxylic acids is 1. The smallest absolute Gasteiger partial charge is 0.234 e. The Morgan fingerprint density at radius 2 is 2.00 bits per heavy atom. The molecule has 6 nitrogen and oxygen atoms in total. The van der Waals surface area contributed by atoms with E-state index in [0.717, 1.165) is 16.8 Å². The summed E-state index contributed by atoms with van der Waals surface area (Å²) in [4.78, 5) is 16.6. The molecule has 156 valence electrons. The second kappa shape index (κ2) is 9.40. The summed E-state index contributed by atoms with van der Waals surface area (Å²) < 4.78 is 16.5. The Morgan fingerprint density at radius 1 is 1.16 bits per heavy atom. The van der Waals surface area contributed by atoms with Crippen LogP contribution in [0.25, 0.3) is 17.1 Å². The number of hydrogen-bond donors (Lipinski definition) is 1. The van der Waals surface area contributed by atoms with Crippen molar-refractivity contribution >= 4 is 39.3 Å². The Labute approximate surface area is 191 Å². The molecule has 0 unspecified atom stereocenters. The molecule has 0 saturated carbocycles. The highest BCUT2D eigenvalue weighted by molar-refractivity contribution is 9.10. The van der Waals surface area contributed by atoms with Crippen LogP contribution in [-0.4, -0.2) is 31.4 Å². The third-order valence-corrected chi connectivity index (χ3v) is 5.87.